The molecule has 0 saturated carbocycles. The number of nitrogens with zero attached hydrogens (tertiary/aromatic N) is 2. The van der Waals surface area contributed by atoms with Crippen LogP contribution in [-0.2, 0) is 4.79 Å². The van der Waals surface area contributed by atoms with Crippen LogP contribution >= 0.6 is 15.9 Å². The fourth-order valence-electron chi connectivity index (χ4n) is 2.55. The van der Waals surface area contributed by atoms with Crippen molar-refractivity contribution in [2.24, 2.45) is 5.41 Å². The second-order valence-electron chi connectivity index (χ2n) is 4.88. The van der Waals surface area contributed by atoms with E-state index in [4.69, 9.17) is 5.26 Å². The van der Waals surface area contributed by atoms with E-state index in [1.807, 2.05) is 24.0 Å². The average Bonchev–Trinajstić information content (AvgIpc) is 2.84. The number of carboxylic acid groups (broad SMARTS) is 1. The van der Waals surface area contributed by atoms with Crippen molar-refractivity contribution < 1.29 is 9.90 Å². The summed E-state index contributed by atoms with van der Waals surface area (Å²) in [6.07, 6.45) is 1.23. The van der Waals surface area contributed by atoms with Crippen molar-refractivity contribution in [3.8, 4) is 6.07 Å². The number of halogens is 1. The van der Waals surface area contributed by atoms with E-state index >= 15 is 0 Å². The van der Waals surface area contributed by atoms with E-state index in [9.17, 15) is 9.90 Å². The number of anilines is 1. The number of carbonyl (C=O) groups is 1. The largest absolute Gasteiger partial charge is 0.481 e. The molecule has 19 heavy (non-hydrogen) atoms. The summed E-state index contributed by atoms with van der Waals surface area (Å²) in [5, 5.41) is 18.6. The van der Waals surface area contributed by atoms with Crippen LogP contribution in [0.4, 0.5) is 5.69 Å². The molecule has 0 spiro atoms. The summed E-state index contributed by atoms with van der Waals surface area (Å²) in [6, 6.07) is 7.62. The van der Waals surface area contributed by atoms with Crippen molar-refractivity contribution in [2.75, 3.05) is 18.0 Å². The van der Waals surface area contributed by atoms with Crippen LogP contribution in [-0.4, -0.2) is 24.2 Å². The van der Waals surface area contributed by atoms with Crippen molar-refractivity contribution in [1.29, 1.82) is 5.26 Å². The smallest absolute Gasteiger partial charge is 0.311 e. The van der Waals surface area contributed by atoms with E-state index in [0.717, 1.165) is 10.2 Å². The third-order valence-corrected chi connectivity index (χ3v) is 4.40. The Balaban J connectivity index is 2.34. The van der Waals surface area contributed by atoms with Gasteiger partial charge in [-0.1, -0.05) is 22.9 Å². The molecule has 0 aliphatic carbocycles. The second kappa shape index (κ2) is 5.22. The van der Waals surface area contributed by atoms with Crippen LogP contribution in [0.1, 0.15) is 25.3 Å². The van der Waals surface area contributed by atoms with Gasteiger partial charge in [0.15, 0.2) is 0 Å². The Hall–Kier alpha value is -1.54. The minimum absolute atomic E-state index is 0.462. The van der Waals surface area contributed by atoms with Crippen molar-refractivity contribution in [3.63, 3.8) is 0 Å². The van der Waals surface area contributed by atoms with Crippen LogP contribution in [0.3, 0.4) is 0 Å². The monoisotopic (exact) mass is 322 g/mol. The first kappa shape index (κ1) is 13.9. The highest BCUT2D eigenvalue weighted by molar-refractivity contribution is 9.10. The second-order valence-corrected chi connectivity index (χ2v) is 5.80. The van der Waals surface area contributed by atoms with Gasteiger partial charge in [0.25, 0.3) is 0 Å². The number of benzene rings is 1. The molecule has 5 heteroatoms. The standard InChI is InChI=1S/C14H15BrN2O2/c1-2-14(13(18)19)5-6-17(9-14)12-7-11(15)4-3-10(12)8-16/h3-4,7H,2,5-6,9H2,1H3,(H,18,19). The summed E-state index contributed by atoms with van der Waals surface area (Å²) in [6.45, 7) is 3.04. The zero-order valence-corrected chi connectivity index (χ0v) is 12.3. The van der Waals surface area contributed by atoms with Crippen molar-refractivity contribution >= 4 is 27.6 Å². The summed E-state index contributed by atoms with van der Waals surface area (Å²) in [7, 11) is 0. The molecule has 0 bridgehead atoms. The highest BCUT2D eigenvalue weighted by Gasteiger charge is 2.43. The maximum atomic E-state index is 11.5. The molecular formula is C14H15BrN2O2. The van der Waals surface area contributed by atoms with Crippen LogP contribution in [0.25, 0.3) is 0 Å². The first-order chi connectivity index (χ1) is 9.02. The van der Waals surface area contributed by atoms with Gasteiger partial charge in [0.05, 0.1) is 16.7 Å². The van der Waals surface area contributed by atoms with Crippen LogP contribution in [0, 0.1) is 16.7 Å². The predicted molar refractivity (Wildman–Crippen MR) is 76.0 cm³/mol. The Kier molecular flexibility index (Phi) is 3.81. The molecule has 1 unspecified atom stereocenters. The van der Waals surface area contributed by atoms with Crippen LogP contribution < -0.4 is 4.90 Å². The van der Waals surface area contributed by atoms with E-state index in [-0.39, 0.29) is 0 Å². The summed E-state index contributed by atoms with van der Waals surface area (Å²) in [5.74, 6) is -0.744. The SMILES string of the molecule is CCC1(C(=O)O)CCN(c2cc(Br)ccc2C#N)C1. The molecule has 1 fully saturated rings. The zero-order chi connectivity index (χ0) is 14.0. The molecule has 2 rings (SSSR count). The number of nitriles is 1. The Morgan fingerprint density at radius 1 is 1.63 bits per heavy atom. The number of hydrogen-bond donors (Lipinski definition) is 1. The fraction of sp³-hybridized carbons (Fsp3) is 0.429. The number of hydrogen-bond acceptors (Lipinski definition) is 3. The fourth-order valence-corrected chi connectivity index (χ4v) is 2.90. The predicted octanol–water partition coefficient (Wildman–Crippen LogP) is 3.01. The van der Waals surface area contributed by atoms with E-state index in [2.05, 4.69) is 22.0 Å². The van der Waals surface area contributed by atoms with Crippen molar-refractivity contribution in [3.05, 3.63) is 28.2 Å². The van der Waals surface area contributed by atoms with E-state index in [0.29, 0.717) is 31.5 Å². The van der Waals surface area contributed by atoms with Gasteiger partial charge < -0.3 is 10.0 Å². The average molecular weight is 323 g/mol. The number of rotatable bonds is 3. The molecule has 1 saturated heterocycles. The highest BCUT2D eigenvalue weighted by atomic mass is 79.9. The number of carboxylic acids is 1. The lowest BCUT2D eigenvalue weighted by Gasteiger charge is -2.24. The zero-order valence-electron chi connectivity index (χ0n) is 10.7. The minimum atomic E-state index is -0.744. The van der Waals surface area contributed by atoms with Crippen molar-refractivity contribution in [1.82, 2.24) is 0 Å². The Labute approximate surface area is 120 Å². The van der Waals surface area contributed by atoms with Crippen LogP contribution in [0.15, 0.2) is 22.7 Å². The molecule has 0 aromatic heterocycles. The molecule has 4 nitrogen and oxygen atoms in total. The molecule has 1 N–H and O–H groups in total. The maximum absolute atomic E-state index is 11.5. The molecular weight excluding hydrogens is 308 g/mol. The first-order valence-corrected chi connectivity index (χ1v) is 7.00. The summed E-state index contributed by atoms with van der Waals surface area (Å²) < 4.78 is 0.894. The van der Waals surface area contributed by atoms with Crippen LogP contribution in [0.2, 0.25) is 0 Å². The third kappa shape index (κ3) is 2.45. The Morgan fingerprint density at radius 3 is 2.89 bits per heavy atom. The first-order valence-electron chi connectivity index (χ1n) is 6.20. The van der Waals surface area contributed by atoms with Gasteiger partial charge in [-0.05, 0) is 31.0 Å². The van der Waals surface area contributed by atoms with Gasteiger partial charge in [0.2, 0.25) is 0 Å². The summed E-state index contributed by atoms with van der Waals surface area (Å²) in [4.78, 5) is 13.5. The van der Waals surface area contributed by atoms with Gasteiger partial charge in [-0.2, -0.15) is 5.26 Å². The van der Waals surface area contributed by atoms with Gasteiger partial charge in [0.1, 0.15) is 6.07 Å². The van der Waals surface area contributed by atoms with E-state index in [1.54, 1.807) is 6.07 Å². The quantitative estimate of drug-likeness (QED) is 0.929. The van der Waals surface area contributed by atoms with E-state index < -0.39 is 11.4 Å². The van der Waals surface area contributed by atoms with Crippen molar-refractivity contribution in [2.45, 2.75) is 19.8 Å². The molecule has 1 aliphatic rings. The van der Waals surface area contributed by atoms with Gasteiger partial charge in [0, 0.05) is 17.6 Å². The van der Waals surface area contributed by atoms with Gasteiger partial charge >= 0.3 is 5.97 Å². The molecule has 0 radical (unpaired) electrons. The van der Waals surface area contributed by atoms with Gasteiger partial charge in [-0.15, -0.1) is 0 Å². The highest BCUT2D eigenvalue weighted by Crippen LogP contribution is 2.38. The molecule has 100 valence electrons. The lowest BCUT2D eigenvalue weighted by Crippen LogP contribution is -2.34. The molecule has 1 aromatic rings. The van der Waals surface area contributed by atoms with Gasteiger partial charge in [-0.25, -0.2) is 0 Å². The summed E-state index contributed by atoms with van der Waals surface area (Å²) >= 11 is 3.39. The number of aliphatic carboxylic acids is 1. The van der Waals surface area contributed by atoms with Gasteiger partial charge in [-0.3, -0.25) is 4.79 Å². The molecule has 1 heterocycles. The molecule has 1 aromatic carbocycles. The topological polar surface area (TPSA) is 64.3 Å². The molecule has 0 amide bonds. The Morgan fingerprint density at radius 2 is 2.37 bits per heavy atom. The normalized spacial score (nSPS) is 22.3. The molecule has 1 aliphatic heterocycles. The molecule has 1 atom stereocenters. The lowest BCUT2D eigenvalue weighted by atomic mass is 9.84. The minimum Gasteiger partial charge on any atom is -0.481 e. The Bertz CT molecular complexity index is 553. The van der Waals surface area contributed by atoms with Crippen LogP contribution in [0.5, 0.6) is 0 Å². The maximum Gasteiger partial charge on any atom is 0.311 e. The lowest BCUT2D eigenvalue weighted by molar-refractivity contribution is -0.147. The summed E-state index contributed by atoms with van der Waals surface area (Å²) in [5.41, 5.74) is 0.712. The third-order valence-electron chi connectivity index (χ3n) is 3.91. The van der Waals surface area contributed by atoms with E-state index in [1.165, 1.54) is 0 Å².